The standard InChI is InChI=1S/C15H24N2O3S/c1-12(2)16(3)21(19,20)17-10-8-14(9-11-17)13-4-6-15(18)7-5-13/h4-7,12,14,18H,8-11H2,1-3H3. The van der Waals surface area contributed by atoms with Crippen LogP contribution < -0.4 is 0 Å². The quantitative estimate of drug-likeness (QED) is 0.927. The lowest BCUT2D eigenvalue weighted by Crippen LogP contribution is -2.47. The van der Waals surface area contributed by atoms with Crippen molar-refractivity contribution in [2.24, 2.45) is 0 Å². The van der Waals surface area contributed by atoms with Crippen molar-refractivity contribution in [2.45, 2.75) is 38.6 Å². The van der Waals surface area contributed by atoms with Gasteiger partial charge >= 0.3 is 0 Å². The first-order chi connectivity index (χ1) is 9.82. The summed E-state index contributed by atoms with van der Waals surface area (Å²) in [5.74, 6) is 0.624. The first kappa shape index (κ1) is 16.3. The minimum atomic E-state index is -3.35. The van der Waals surface area contributed by atoms with Crippen LogP contribution in [0.3, 0.4) is 0 Å². The summed E-state index contributed by atoms with van der Waals surface area (Å²) in [6.45, 7) is 4.84. The fourth-order valence-corrected chi connectivity index (χ4v) is 4.18. The van der Waals surface area contributed by atoms with Gasteiger partial charge in [0.05, 0.1) is 0 Å². The van der Waals surface area contributed by atoms with E-state index in [0.717, 1.165) is 12.8 Å². The van der Waals surface area contributed by atoms with Crippen molar-refractivity contribution >= 4 is 10.2 Å². The van der Waals surface area contributed by atoms with Crippen molar-refractivity contribution in [2.75, 3.05) is 20.1 Å². The van der Waals surface area contributed by atoms with Gasteiger partial charge in [-0.1, -0.05) is 12.1 Å². The van der Waals surface area contributed by atoms with Gasteiger partial charge in [-0.05, 0) is 50.3 Å². The molecule has 0 radical (unpaired) electrons. The summed E-state index contributed by atoms with van der Waals surface area (Å²) < 4.78 is 27.9. The summed E-state index contributed by atoms with van der Waals surface area (Å²) in [5.41, 5.74) is 1.17. The van der Waals surface area contributed by atoms with E-state index in [9.17, 15) is 13.5 Å². The average molecular weight is 312 g/mol. The molecule has 1 fully saturated rings. The lowest BCUT2D eigenvalue weighted by Gasteiger charge is -2.35. The van der Waals surface area contributed by atoms with Crippen LogP contribution in [0.1, 0.15) is 38.2 Å². The Hall–Kier alpha value is -1.11. The third kappa shape index (κ3) is 3.56. The van der Waals surface area contributed by atoms with E-state index >= 15 is 0 Å². The van der Waals surface area contributed by atoms with Gasteiger partial charge < -0.3 is 5.11 Å². The van der Waals surface area contributed by atoms with Gasteiger partial charge in [-0.2, -0.15) is 17.0 Å². The fourth-order valence-electron chi connectivity index (χ4n) is 2.61. The number of phenols is 1. The number of aromatic hydroxyl groups is 1. The van der Waals surface area contributed by atoms with Crippen molar-refractivity contribution in [3.05, 3.63) is 29.8 Å². The number of benzene rings is 1. The summed E-state index contributed by atoms with van der Waals surface area (Å²) in [7, 11) is -1.72. The molecule has 1 N–H and O–H groups in total. The SMILES string of the molecule is CC(C)N(C)S(=O)(=O)N1CCC(c2ccc(O)cc2)CC1. The first-order valence-electron chi connectivity index (χ1n) is 7.34. The third-order valence-electron chi connectivity index (χ3n) is 4.24. The summed E-state index contributed by atoms with van der Waals surface area (Å²) in [4.78, 5) is 0. The van der Waals surface area contributed by atoms with Gasteiger partial charge in [0.25, 0.3) is 10.2 Å². The molecular weight excluding hydrogens is 288 g/mol. The number of rotatable bonds is 4. The molecule has 1 aromatic carbocycles. The van der Waals surface area contributed by atoms with Gasteiger partial charge in [-0.15, -0.1) is 0 Å². The fraction of sp³-hybridized carbons (Fsp3) is 0.600. The monoisotopic (exact) mass is 312 g/mol. The lowest BCUT2D eigenvalue weighted by molar-refractivity contribution is 0.285. The smallest absolute Gasteiger partial charge is 0.281 e. The van der Waals surface area contributed by atoms with E-state index in [1.54, 1.807) is 23.5 Å². The summed E-state index contributed by atoms with van der Waals surface area (Å²) in [5, 5.41) is 9.32. The topological polar surface area (TPSA) is 60.9 Å². The van der Waals surface area contributed by atoms with Crippen molar-refractivity contribution in [3.63, 3.8) is 0 Å². The van der Waals surface area contributed by atoms with Crippen LogP contribution in [0.25, 0.3) is 0 Å². The van der Waals surface area contributed by atoms with Crippen LogP contribution in [0.2, 0.25) is 0 Å². The molecule has 0 bridgehead atoms. The molecule has 5 nitrogen and oxygen atoms in total. The molecule has 21 heavy (non-hydrogen) atoms. The van der Waals surface area contributed by atoms with Gasteiger partial charge in [-0.25, -0.2) is 0 Å². The Morgan fingerprint density at radius 1 is 1.19 bits per heavy atom. The summed E-state index contributed by atoms with van der Waals surface area (Å²) in [6, 6.07) is 7.18. The van der Waals surface area contributed by atoms with Gasteiger partial charge in [0.1, 0.15) is 5.75 Å². The molecule has 1 aliphatic rings. The number of phenolic OH excluding ortho intramolecular Hbond substituents is 1. The van der Waals surface area contributed by atoms with E-state index < -0.39 is 10.2 Å². The maximum atomic E-state index is 12.4. The van der Waals surface area contributed by atoms with Crippen LogP contribution in [0.15, 0.2) is 24.3 Å². The van der Waals surface area contributed by atoms with Crippen molar-refractivity contribution < 1.29 is 13.5 Å². The zero-order valence-electron chi connectivity index (χ0n) is 12.9. The van der Waals surface area contributed by atoms with E-state index in [-0.39, 0.29) is 11.8 Å². The molecule has 0 saturated carbocycles. The van der Waals surface area contributed by atoms with Crippen LogP contribution in [-0.4, -0.2) is 48.3 Å². The second-order valence-electron chi connectivity index (χ2n) is 5.88. The van der Waals surface area contributed by atoms with Crippen molar-refractivity contribution in [3.8, 4) is 5.75 Å². The predicted molar refractivity (Wildman–Crippen MR) is 83.5 cm³/mol. The summed E-state index contributed by atoms with van der Waals surface area (Å²) in [6.07, 6.45) is 1.63. The highest BCUT2D eigenvalue weighted by atomic mass is 32.2. The minimum Gasteiger partial charge on any atom is -0.508 e. The van der Waals surface area contributed by atoms with E-state index in [0.29, 0.717) is 19.0 Å². The highest BCUT2D eigenvalue weighted by Gasteiger charge is 2.32. The Morgan fingerprint density at radius 2 is 1.71 bits per heavy atom. The Bertz CT molecular complexity index is 561. The second kappa shape index (κ2) is 6.34. The van der Waals surface area contributed by atoms with Crippen LogP contribution >= 0.6 is 0 Å². The molecule has 118 valence electrons. The van der Waals surface area contributed by atoms with Gasteiger partial charge in [0.2, 0.25) is 0 Å². The Morgan fingerprint density at radius 3 is 2.19 bits per heavy atom. The van der Waals surface area contributed by atoms with E-state index in [4.69, 9.17) is 0 Å². The molecule has 0 aromatic heterocycles. The van der Waals surface area contributed by atoms with Crippen molar-refractivity contribution in [1.29, 1.82) is 0 Å². The van der Waals surface area contributed by atoms with Crippen molar-refractivity contribution in [1.82, 2.24) is 8.61 Å². The lowest BCUT2D eigenvalue weighted by atomic mass is 9.90. The Kier molecular flexibility index (Phi) is 4.91. The zero-order valence-corrected chi connectivity index (χ0v) is 13.7. The molecule has 1 aromatic rings. The maximum Gasteiger partial charge on any atom is 0.281 e. The molecule has 0 atom stereocenters. The summed E-state index contributed by atoms with van der Waals surface area (Å²) >= 11 is 0. The normalized spacial score (nSPS) is 18.5. The van der Waals surface area contributed by atoms with E-state index in [2.05, 4.69) is 0 Å². The second-order valence-corrected chi connectivity index (χ2v) is 7.87. The molecule has 0 aliphatic carbocycles. The molecule has 1 heterocycles. The van der Waals surface area contributed by atoms with Crippen LogP contribution in [0.5, 0.6) is 5.75 Å². The molecule has 1 saturated heterocycles. The molecule has 0 spiro atoms. The number of piperidine rings is 1. The average Bonchev–Trinajstić information content (AvgIpc) is 2.47. The molecule has 0 unspecified atom stereocenters. The Labute approximate surface area is 127 Å². The van der Waals surface area contributed by atoms with Crippen LogP contribution in [0.4, 0.5) is 0 Å². The first-order valence-corrected chi connectivity index (χ1v) is 8.74. The molecule has 0 amide bonds. The third-order valence-corrected chi connectivity index (χ3v) is 6.40. The molecule has 2 rings (SSSR count). The minimum absolute atomic E-state index is 0.0372. The van der Waals surface area contributed by atoms with Gasteiger partial charge in [0, 0.05) is 26.2 Å². The van der Waals surface area contributed by atoms with E-state index in [1.165, 1.54) is 9.87 Å². The van der Waals surface area contributed by atoms with Gasteiger partial charge in [-0.3, -0.25) is 0 Å². The molecule has 1 aliphatic heterocycles. The highest BCUT2D eigenvalue weighted by Crippen LogP contribution is 2.30. The van der Waals surface area contributed by atoms with Gasteiger partial charge in [0.15, 0.2) is 0 Å². The maximum absolute atomic E-state index is 12.4. The predicted octanol–water partition coefficient (Wildman–Crippen LogP) is 2.16. The largest absolute Gasteiger partial charge is 0.508 e. The number of nitrogens with zero attached hydrogens (tertiary/aromatic N) is 2. The van der Waals surface area contributed by atoms with Crippen LogP contribution in [0, 0.1) is 0 Å². The number of hydrogen-bond acceptors (Lipinski definition) is 3. The highest BCUT2D eigenvalue weighted by molar-refractivity contribution is 7.86. The van der Waals surface area contributed by atoms with Crippen LogP contribution in [-0.2, 0) is 10.2 Å². The molecule has 6 heteroatoms. The number of hydrogen-bond donors (Lipinski definition) is 1. The molecular formula is C15H24N2O3S. The zero-order chi connectivity index (χ0) is 15.6. The van der Waals surface area contributed by atoms with E-state index in [1.807, 2.05) is 26.0 Å². The Balaban J connectivity index is 2.02.